The summed E-state index contributed by atoms with van der Waals surface area (Å²) in [4.78, 5) is 0. The highest BCUT2D eigenvalue weighted by Gasteiger charge is 2.21. The van der Waals surface area contributed by atoms with Gasteiger partial charge in [-0.15, -0.1) is 0 Å². The van der Waals surface area contributed by atoms with Crippen LogP contribution in [0.3, 0.4) is 0 Å². The van der Waals surface area contributed by atoms with E-state index in [0.717, 1.165) is 6.07 Å². The van der Waals surface area contributed by atoms with Crippen LogP contribution in [-0.2, 0) is 10.0 Å². The van der Waals surface area contributed by atoms with Gasteiger partial charge >= 0.3 is 0 Å². The maximum atomic E-state index is 13.6. The quantitative estimate of drug-likeness (QED) is 0.839. The number of sulfonamides is 1. The molecule has 0 radical (unpaired) electrons. The average molecular weight is 313 g/mol. The van der Waals surface area contributed by atoms with Gasteiger partial charge in [-0.2, -0.15) is 0 Å². The molecule has 0 aliphatic heterocycles. The molecule has 1 rings (SSSR count). The van der Waals surface area contributed by atoms with Crippen molar-refractivity contribution in [3.63, 3.8) is 0 Å². The smallest absolute Gasteiger partial charge is 0.233 e. The van der Waals surface area contributed by atoms with Gasteiger partial charge in [0.25, 0.3) is 0 Å². The topological polar surface area (TPSA) is 66.4 Å². The Bertz CT molecular complexity index is 652. The first-order chi connectivity index (χ1) is 9.63. The van der Waals surface area contributed by atoms with Gasteiger partial charge in [0.2, 0.25) is 10.0 Å². The fourth-order valence-corrected chi connectivity index (χ4v) is 3.38. The molecule has 0 spiro atoms. The summed E-state index contributed by atoms with van der Waals surface area (Å²) in [6.07, 6.45) is 0.236. The Morgan fingerprint density at radius 2 is 2.00 bits per heavy atom. The molecule has 0 fully saturated rings. The van der Waals surface area contributed by atoms with Crippen molar-refractivity contribution >= 4 is 15.7 Å². The van der Waals surface area contributed by atoms with Crippen molar-refractivity contribution in [2.24, 2.45) is 5.41 Å². The number of aliphatic hydroxyl groups excluding tert-OH is 1. The molecule has 0 unspecified atom stereocenters. The Kier molecular flexibility index (Phi) is 5.76. The summed E-state index contributed by atoms with van der Waals surface area (Å²) in [6.45, 7) is 5.36. The maximum Gasteiger partial charge on any atom is 0.233 e. The molecule has 0 aromatic heterocycles. The number of nitrogens with one attached hydrogen (secondary N) is 1. The molecule has 116 valence electrons. The lowest BCUT2D eigenvalue weighted by atomic mass is 10.0. The Morgan fingerprint density at radius 3 is 2.57 bits per heavy atom. The highest BCUT2D eigenvalue weighted by Crippen LogP contribution is 2.20. The van der Waals surface area contributed by atoms with E-state index in [1.165, 1.54) is 12.1 Å². The second kappa shape index (κ2) is 6.92. The second-order valence-electron chi connectivity index (χ2n) is 5.89. The molecule has 0 aliphatic carbocycles. The van der Waals surface area contributed by atoms with Crippen molar-refractivity contribution in [3.8, 4) is 11.8 Å². The molecule has 0 aliphatic rings. The van der Waals surface area contributed by atoms with Crippen LogP contribution in [0.15, 0.2) is 18.2 Å². The first-order valence-corrected chi connectivity index (χ1v) is 8.18. The van der Waals surface area contributed by atoms with Crippen LogP contribution in [0.1, 0.15) is 32.8 Å². The third kappa shape index (κ3) is 6.61. The predicted octanol–water partition coefficient (Wildman–Crippen LogP) is 2.35. The molecule has 0 heterocycles. The van der Waals surface area contributed by atoms with Gasteiger partial charge < -0.3 is 5.11 Å². The minimum Gasteiger partial charge on any atom is -0.395 e. The van der Waals surface area contributed by atoms with E-state index < -0.39 is 15.8 Å². The molecule has 6 heteroatoms. The van der Waals surface area contributed by atoms with Crippen molar-refractivity contribution < 1.29 is 17.9 Å². The van der Waals surface area contributed by atoms with Crippen LogP contribution >= 0.6 is 0 Å². The third-order valence-electron chi connectivity index (χ3n) is 2.32. The van der Waals surface area contributed by atoms with Crippen LogP contribution < -0.4 is 4.72 Å². The van der Waals surface area contributed by atoms with E-state index in [9.17, 15) is 12.8 Å². The number of hydrogen-bond acceptors (Lipinski definition) is 3. The fourth-order valence-electron chi connectivity index (χ4n) is 1.68. The number of halogens is 1. The fraction of sp³-hybridized carbons (Fsp3) is 0.467. The van der Waals surface area contributed by atoms with Gasteiger partial charge in [-0.05, 0) is 23.6 Å². The first kappa shape index (κ1) is 17.5. The number of hydrogen-bond donors (Lipinski definition) is 2. The minimum atomic E-state index is -3.51. The van der Waals surface area contributed by atoms with Gasteiger partial charge in [0.05, 0.1) is 17.9 Å². The summed E-state index contributed by atoms with van der Waals surface area (Å²) >= 11 is 0. The SMILES string of the molecule is CC(C)(C)CS(=O)(=O)Nc1ccc(F)c(C#CCCO)c1. The lowest BCUT2D eigenvalue weighted by Gasteiger charge is -2.18. The van der Waals surface area contributed by atoms with Crippen LogP contribution in [0.4, 0.5) is 10.1 Å². The van der Waals surface area contributed by atoms with Gasteiger partial charge in [-0.3, -0.25) is 4.72 Å². The Morgan fingerprint density at radius 1 is 1.33 bits per heavy atom. The number of benzene rings is 1. The van der Waals surface area contributed by atoms with Gasteiger partial charge in [-0.25, -0.2) is 12.8 Å². The number of aliphatic hydroxyl groups is 1. The van der Waals surface area contributed by atoms with Crippen molar-refractivity contribution in [2.75, 3.05) is 17.1 Å². The normalized spacial score (nSPS) is 11.7. The molecular formula is C15H20FNO3S. The summed E-state index contributed by atoms with van der Waals surface area (Å²) in [5.74, 6) is 4.60. The molecule has 0 atom stereocenters. The highest BCUT2D eigenvalue weighted by molar-refractivity contribution is 7.92. The van der Waals surface area contributed by atoms with E-state index in [1.54, 1.807) is 0 Å². The molecule has 1 aromatic carbocycles. The van der Waals surface area contributed by atoms with E-state index >= 15 is 0 Å². The van der Waals surface area contributed by atoms with Crippen molar-refractivity contribution in [1.29, 1.82) is 0 Å². The van der Waals surface area contributed by atoms with Crippen molar-refractivity contribution in [2.45, 2.75) is 27.2 Å². The zero-order chi connectivity index (χ0) is 16.1. The van der Waals surface area contributed by atoms with E-state index in [4.69, 9.17) is 5.11 Å². The zero-order valence-corrected chi connectivity index (χ0v) is 13.2. The van der Waals surface area contributed by atoms with Crippen LogP contribution in [0.25, 0.3) is 0 Å². The Balaban J connectivity index is 2.96. The molecule has 0 amide bonds. The summed E-state index contributed by atoms with van der Waals surface area (Å²) < 4.78 is 40.0. The summed E-state index contributed by atoms with van der Waals surface area (Å²) in [6, 6.07) is 3.87. The molecule has 1 aromatic rings. The highest BCUT2D eigenvalue weighted by atomic mass is 32.2. The van der Waals surface area contributed by atoms with Crippen LogP contribution in [-0.4, -0.2) is 25.9 Å². The monoisotopic (exact) mass is 313 g/mol. The van der Waals surface area contributed by atoms with E-state index in [0.29, 0.717) is 0 Å². The molecule has 0 saturated heterocycles. The minimum absolute atomic E-state index is 0.0388. The van der Waals surface area contributed by atoms with Gasteiger partial charge in [0, 0.05) is 12.1 Å². The zero-order valence-electron chi connectivity index (χ0n) is 12.4. The molecule has 0 saturated carbocycles. The summed E-state index contributed by atoms with van der Waals surface area (Å²) in [7, 11) is -3.51. The predicted molar refractivity (Wildman–Crippen MR) is 81.8 cm³/mol. The van der Waals surface area contributed by atoms with Gasteiger partial charge in [0.15, 0.2) is 0 Å². The molecule has 4 nitrogen and oxygen atoms in total. The first-order valence-electron chi connectivity index (χ1n) is 6.53. The third-order valence-corrected chi connectivity index (χ3v) is 4.12. The molecule has 2 N–H and O–H groups in total. The second-order valence-corrected chi connectivity index (χ2v) is 7.61. The van der Waals surface area contributed by atoms with Crippen molar-refractivity contribution in [1.82, 2.24) is 0 Å². The van der Waals surface area contributed by atoms with Crippen LogP contribution in [0.5, 0.6) is 0 Å². The average Bonchev–Trinajstić information content (AvgIpc) is 2.30. The van der Waals surface area contributed by atoms with Crippen LogP contribution in [0, 0.1) is 23.1 Å². The Hall–Kier alpha value is -1.58. The van der Waals surface area contributed by atoms with Gasteiger partial charge in [-0.1, -0.05) is 32.6 Å². The maximum absolute atomic E-state index is 13.6. The molecule has 0 bridgehead atoms. The van der Waals surface area contributed by atoms with E-state index in [1.807, 2.05) is 20.8 Å². The number of rotatable bonds is 4. The summed E-state index contributed by atoms with van der Waals surface area (Å²) in [5.41, 5.74) is -0.0105. The van der Waals surface area contributed by atoms with Crippen molar-refractivity contribution in [3.05, 3.63) is 29.6 Å². The Labute approximate surface area is 125 Å². The van der Waals surface area contributed by atoms with Gasteiger partial charge in [0.1, 0.15) is 5.82 Å². The lowest BCUT2D eigenvalue weighted by Crippen LogP contribution is -2.26. The largest absolute Gasteiger partial charge is 0.395 e. The standard InChI is InChI=1S/C15H20FNO3S/c1-15(2,3)11-21(19,20)17-13-7-8-14(16)12(10-13)6-4-5-9-18/h7-8,10,17-18H,5,9,11H2,1-3H3. The molecule has 21 heavy (non-hydrogen) atoms. The van der Waals surface area contributed by atoms with E-state index in [2.05, 4.69) is 16.6 Å². The number of anilines is 1. The summed E-state index contributed by atoms with van der Waals surface area (Å²) in [5, 5.41) is 8.64. The molecular weight excluding hydrogens is 293 g/mol. The lowest BCUT2D eigenvalue weighted by molar-refractivity contribution is 0.305. The van der Waals surface area contributed by atoms with E-state index in [-0.39, 0.29) is 35.4 Å². The van der Waals surface area contributed by atoms with Crippen LogP contribution in [0.2, 0.25) is 0 Å².